The van der Waals surface area contributed by atoms with Crippen molar-refractivity contribution in [1.82, 2.24) is 4.31 Å². The number of amides is 1. The van der Waals surface area contributed by atoms with Crippen LogP contribution in [0.3, 0.4) is 0 Å². The van der Waals surface area contributed by atoms with Gasteiger partial charge in [-0.15, -0.1) is 0 Å². The van der Waals surface area contributed by atoms with E-state index < -0.39 is 10.0 Å². The normalized spacial score (nSPS) is 14.6. The van der Waals surface area contributed by atoms with E-state index in [1.165, 1.54) is 4.31 Å². The van der Waals surface area contributed by atoms with Crippen LogP contribution < -0.4 is 15.0 Å². The van der Waals surface area contributed by atoms with Gasteiger partial charge in [0.25, 0.3) is 0 Å². The van der Waals surface area contributed by atoms with Crippen LogP contribution in [0.5, 0.6) is 5.75 Å². The number of carbonyl (C=O) groups is 1. The third-order valence-corrected chi connectivity index (χ3v) is 7.66. The quantitative estimate of drug-likeness (QED) is 0.568. The fraction of sp³-hybridized carbons (Fsp3) is 0.458. The zero-order valence-electron chi connectivity index (χ0n) is 19.5. The Morgan fingerprint density at radius 3 is 2.48 bits per heavy atom. The van der Waals surface area contributed by atoms with Gasteiger partial charge in [0.15, 0.2) is 0 Å². The van der Waals surface area contributed by atoms with E-state index in [-0.39, 0.29) is 17.2 Å². The summed E-state index contributed by atoms with van der Waals surface area (Å²) in [4.78, 5) is 15.1. The number of aryl methyl sites for hydroxylation is 1. The van der Waals surface area contributed by atoms with Gasteiger partial charge >= 0.3 is 0 Å². The van der Waals surface area contributed by atoms with E-state index in [0.29, 0.717) is 38.4 Å². The Kier molecular flexibility index (Phi) is 8.71. The largest absolute Gasteiger partial charge is 0.496 e. The van der Waals surface area contributed by atoms with Crippen LogP contribution in [0.4, 0.5) is 11.4 Å². The smallest absolute Gasteiger partial charge is 0.243 e. The fourth-order valence-electron chi connectivity index (χ4n) is 3.92. The molecule has 0 aromatic heterocycles. The molecule has 1 fully saturated rings. The molecule has 0 atom stereocenters. The minimum Gasteiger partial charge on any atom is -0.496 e. The molecule has 1 heterocycles. The SMILES string of the molecule is CCN(CC)c1ccc(S(=O)(=O)N2CCOCC2)cc1NC(=O)CCc1ccccc1OC. The number of sulfonamides is 1. The van der Waals surface area contributed by atoms with Crippen molar-refractivity contribution in [3.8, 4) is 5.75 Å². The van der Waals surface area contributed by atoms with Crippen molar-refractivity contribution in [3.05, 3.63) is 48.0 Å². The molecule has 180 valence electrons. The van der Waals surface area contributed by atoms with Crippen molar-refractivity contribution in [2.75, 3.05) is 56.7 Å². The maximum Gasteiger partial charge on any atom is 0.243 e. The highest BCUT2D eigenvalue weighted by Gasteiger charge is 2.27. The van der Waals surface area contributed by atoms with Crippen molar-refractivity contribution in [3.63, 3.8) is 0 Å². The van der Waals surface area contributed by atoms with E-state index in [1.54, 1.807) is 25.3 Å². The van der Waals surface area contributed by atoms with Gasteiger partial charge in [0.1, 0.15) is 5.75 Å². The van der Waals surface area contributed by atoms with Gasteiger partial charge in [0.2, 0.25) is 15.9 Å². The molecule has 9 heteroatoms. The molecule has 0 unspecified atom stereocenters. The van der Waals surface area contributed by atoms with Gasteiger partial charge in [-0.2, -0.15) is 4.31 Å². The Balaban J connectivity index is 1.84. The van der Waals surface area contributed by atoms with Gasteiger partial charge in [-0.25, -0.2) is 8.42 Å². The van der Waals surface area contributed by atoms with E-state index in [0.717, 1.165) is 30.1 Å². The summed E-state index contributed by atoms with van der Waals surface area (Å²) >= 11 is 0. The highest BCUT2D eigenvalue weighted by atomic mass is 32.2. The van der Waals surface area contributed by atoms with Crippen molar-refractivity contribution >= 4 is 27.3 Å². The van der Waals surface area contributed by atoms with Crippen LogP contribution in [-0.2, 0) is 26.0 Å². The zero-order chi connectivity index (χ0) is 23.8. The number of morpholine rings is 1. The molecule has 0 radical (unpaired) electrons. The van der Waals surface area contributed by atoms with E-state index in [9.17, 15) is 13.2 Å². The van der Waals surface area contributed by atoms with Crippen LogP contribution in [0.1, 0.15) is 25.8 Å². The molecule has 0 spiro atoms. The summed E-state index contributed by atoms with van der Waals surface area (Å²) < 4.78 is 38.4. The summed E-state index contributed by atoms with van der Waals surface area (Å²) in [5.41, 5.74) is 2.24. The van der Waals surface area contributed by atoms with E-state index in [2.05, 4.69) is 10.2 Å². The van der Waals surface area contributed by atoms with Crippen LogP contribution in [-0.4, -0.2) is 65.1 Å². The lowest BCUT2D eigenvalue weighted by Gasteiger charge is -2.28. The van der Waals surface area contributed by atoms with Crippen molar-refractivity contribution in [2.45, 2.75) is 31.6 Å². The number of hydrogen-bond acceptors (Lipinski definition) is 6. The van der Waals surface area contributed by atoms with Crippen molar-refractivity contribution in [2.24, 2.45) is 0 Å². The van der Waals surface area contributed by atoms with Crippen LogP contribution in [0.15, 0.2) is 47.4 Å². The summed E-state index contributed by atoms with van der Waals surface area (Å²) in [6, 6.07) is 12.6. The van der Waals surface area contributed by atoms with Gasteiger partial charge in [0, 0.05) is 32.6 Å². The molecule has 1 amide bonds. The van der Waals surface area contributed by atoms with Crippen LogP contribution in [0, 0.1) is 0 Å². The Labute approximate surface area is 196 Å². The Morgan fingerprint density at radius 1 is 1.12 bits per heavy atom. The van der Waals surface area contributed by atoms with Crippen LogP contribution >= 0.6 is 0 Å². The number of rotatable bonds is 10. The summed E-state index contributed by atoms with van der Waals surface area (Å²) in [5, 5.41) is 2.95. The first-order valence-electron chi connectivity index (χ1n) is 11.3. The number of benzene rings is 2. The molecule has 3 rings (SSSR count). The number of ether oxygens (including phenoxy) is 2. The second-order valence-corrected chi connectivity index (χ2v) is 9.67. The highest BCUT2D eigenvalue weighted by Crippen LogP contribution is 2.31. The summed E-state index contributed by atoms with van der Waals surface area (Å²) in [5.74, 6) is 0.558. The summed E-state index contributed by atoms with van der Waals surface area (Å²) in [7, 11) is -2.07. The van der Waals surface area contributed by atoms with Crippen LogP contribution in [0.25, 0.3) is 0 Å². The number of nitrogens with zero attached hydrogens (tertiary/aromatic N) is 2. The molecule has 0 saturated carbocycles. The predicted molar refractivity (Wildman–Crippen MR) is 130 cm³/mol. The lowest BCUT2D eigenvalue weighted by Crippen LogP contribution is -2.40. The first kappa shape index (κ1) is 25.0. The Hall–Kier alpha value is -2.62. The average Bonchev–Trinajstić information content (AvgIpc) is 2.85. The van der Waals surface area contributed by atoms with E-state index in [4.69, 9.17) is 9.47 Å². The topological polar surface area (TPSA) is 88.2 Å². The number of anilines is 2. The number of nitrogens with one attached hydrogen (secondary N) is 1. The number of carbonyl (C=O) groups excluding carboxylic acids is 1. The molecule has 33 heavy (non-hydrogen) atoms. The third kappa shape index (κ3) is 6.04. The lowest BCUT2D eigenvalue weighted by molar-refractivity contribution is -0.116. The monoisotopic (exact) mass is 475 g/mol. The molecule has 1 aliphatic rings. The zero-order valence-corrected chi connectivity index (χ0v) is 20.4. The average molecular weight is 476 g/mol. The third-order valence-electron chi connectivity index (χ3n) is 5.77. The molecular formula is C24H33N3O5S. The lowest BCUT2D eigenvalue weighted by atomic mass is 10.1. The van der Waals surface area contributed by atoms with Crippen LogP contribution in [0.2, 0.25) is 0 Å². The molecule has 1 saturated heterocycles. The number of methoxy groups -OCH3 is 1. The first-order chi connectivity index (χ1) is 15.9. The minimum atomic E-state index is -3.67. The molecule has 0 aliphatic carbocycles. The highest BCUT2D eigenvalue weighted by molar-refractivity contribution is 7.89. The minimum absolute atomic E-state index is 0.167. The predicted octanol–water partition coefficient (Wildman–Crippen LogP) is 3.13. The summed E-state index contributed by atoms with van der Waals surface area (Å²) in [6.07, 6.45) is 0.765. The maximum absolute atomic E-state index is 13.2. The molecule has 0 bridgehead atoms. The Morgan fingerprint density at radius 2 is 1.82 bits per heavy atom. The van der Waals surface area contributed by atoms with Gasteiger partial charge < -0.3 is 19.7 Å². The molecule has 2 aromatic carbocycles. The number of hydrogen-bond donors (Lipinski definition) is 1. The van der Waals surface area contributed by atoms with Crippen molar-refractivity contribution < 1.29 is 22.7 Å². The van der Waals surface area contributed by atoms with Gasteiger partial charge in [0.05, 0.1) is 36.6 Å². The van der Waals surface area contributed by atoms with Gasteiger partial charge in [-0.05, 0) is 50.1 Å². The second kappa shape index (κ2) is 11.5. The maximum atomic E-state index is 13.2. The molecular weight excluding hydrogens is 442 g/mol. The number of para-hydroxylation sites is 1. The van der Waals surface area contributed by atoms with Gasteiger partial charge in [-0.1, -0.05) is 18.2 Å². The van der Waals surface area contributed by atoms with E-state index in [1.807, 2.05) is 38.1 Å². The fourth-order valence-corrected chi connectivity index (χ4v) is 5.36. The first-order valence-corrected chi connectivity index (χ1v) is 12.7. The van der Waals surface area contributed by atoms with Gasteiger partial charge in [-0.3, -0.25) is 4.79 Å². The van der Waals surface area contributed by atoms with Crippen molar-refractivity contribution in [1.29, 1.82) is 0 Å². The second-order valence-electron chi connectivity index (χ2n) is 7.73. The van der Waals surface area contributed by atoms with E-state index >= 15 is 0 Å². The Bertz CT molecular complexity index is 1050. The molecule has 2 aromatic rings. The molecule has 1 N–H and O–H groups in total. The standard InChI is InChI=1S/C24H33N3O5S/c1-4-26(5-2)22-12-11-20(33(29,30)27-14-16-32-17-15-27)18-21(22)25-24(28)13-10-19-8-6-7-9-23(19)31-3/h6-9,11-12,18H,4-5,10,13-17H2,1-3H3,(H,25,28). The molecule has 8 nitrogen and oxygen atoms in total. The summed E-state index contributed by atoms with van der Waals surface area (Å²) in [6.45, 7) is 6.91. The molecule has 1 aliphatic heterocycles.